The van der Waals surface area contributed by atoms with Crippen molar-refractivity contribution in [3.63, 3.8) is 0 Å². The van der Waals surface area contributed by atoms with E-state index in [-0.39, 0.29) is 5.69 Å². The molecule has 0 radical (unpaired) electrons. The van der Waals surface area contributed by atoms with E-state index in [1.165, 1.54) is 24.4 Å². The van der Waals surface area contributed by atoms with E-state index in [4.69, 9.17) is 5.11 Å². The third-order valence-corrected chi connectivity index (χ3v) is 3.31. The molecule has 0 aliphatic carbocycles. The highest BCUT2D eigenvalue weighted by Gasteiger charge is 2.08. The van der Waals surface area contributed by atoms with Gasteiger partial charge in [0.15, 0.2) is 0 Å². The Morgan fingerprint density at radius 2 is 2.04 bits per heavy atom. The topological polar surface area (TPSA) is 118 Å². The van der Waals surface area contributed by atoms with E-state index in [1.807, 2.05) is 0 Å². The van der Waals surface area contributed by atoms with Gasteiger partial charge in [-0.3, -0.25) is 15.1 Å². The van der Waals surface area contributed by atoms with Crippen LogP contribution >= 0.6 is 0 Å². The first kappa shape index (κ1) is 16.1. The highest BCUT2D eigenvalue weighted by Crippen LogP contribution is 2.21. The summed E-state index contributed by atoms with van der Waals surface area (Å²) in [7, 11) is 0. The van der Waals surface area contributed by atoms with Crippen LogP contribution in [0, 0.1) is 10.1 Å². The van der Waals surface area contributed by atoms with Crippen LogP contribution in [0.1, 0.15) is 5.56 Å². The third-order valence-electron chi connectivity index (χ3n) is 3.31. The second-order valence-corrected chi connectivity index (χ2v) is 5.11. The maximum atomic E-state index is 10.9. The zero-order valence-corrected chi connectivity index (χ0v) is 12.8. The fourth-order valence-corrected chi connectivity index (χ4v) is 2.21. The van der Waals surface area contributed by atoms with Crippen LogP contribution in [-0.2, 0) is 4.79 Å². The molecule has 0 aliphatic rings. The lowest BCUT2D eigenvalue weighted by molar-refractivity contribution is -0.384. The standard InChI is InChI=1S/C17H12N4O4/c22-17(23)7-4-11-2-1-3-12(8-11)19-16-10-18-14-6-5-13(21(24)25)9-15(14)20-16/h1-10H,(H,19,20)(H,22,23)/b7-4+. The molecule has 2 aromatic carbocycles. The molecule has 25 heavy (non-hydrogen) atoms. The van der Waals surface area contributed by atoms with Crippen molar-refractivity contribution >= 4 is 40.3 Å². The van der Waals surface area contributed by atoms with Gasteiger partial charge >= 0.3 is 5.97 Å². The van der Waals surface area contributed by atoms with Gasteiger partial charge in [0.05, 0.1) is 22.2 Å². The minimum absolute atomic E-state index is 0.0558. The predicted molar refractivity (Wildman–Crippen MR) is 92.6 cm³/mol. The lowest BCUT2D eigenvalue weighted by atomic mass is 10.2. The van der Waals surface area contributed by atoms with Crippen LogP contribution < -0.4 is 5.32 Å². The summed E-state index contributed by atoms with van der Waals surface area (Å²) in [5.41, 5.74) is 2.29. The van der Waals surface area contributed by atoms with E-state index in [9.17, 15) is 14.9 Å². The predicted octanol–water partition coefficient (Wildman–Crippen LogP) is 3.38. The lowest BCUT2D eigenvalue weighted by Crippen LogP contribution is -1.96. The van der Waals surface area contributed by atoms with Crippen LogP contribution in [0.3, 0.4) is 0 Å². The van der Waals surface area contributed by atoms with Crippen LogP contribution in [0.5, 0.6) is 0 Å². The van der Waals surface area contributed by atoms with Crippen LogP contribution in [0.25, 0.3) is 17.1 Å². The number of nitro groups is 1. The summed E-state index contributed by atoms with van der Waals surface area (Å²) in [6.45, 7) is 0. The minimum Gasteiger partial charge on any atom is -0.478 e. The number of anilines is 2. The molecule has 8 heteroatoms. The number of nitro benzene ring substituents is 1. The fraction of sp³-hybridized carbons (Fsp3) is 0. The van der Waals surface area contributed by atoms with Crippen LogP contribution in [0.2, 0.25) is 0 Å². The van der Waals surface area contributed by atoms with Gasteiger partial charge in [0.2, 0.25) is 0 Å². The number of aliphatic carboxylic acids is 1. The van der Waals surface area contributed by atoms with Gasteiger partial charge in [0, 0.05) is 23.9 Å². The number of non-ortho nitro benzene ring substituents is 1. The van der Waals surface area contributed by atoms with E-state index < -0.39 is 10.9 Å². The van der Waals surface area contributed by atoms with E-state index in [1.54, 1.807) is 30.3 Å². The summed E-state index contributed by atoms with van der Waals surface area (Å²) in [5, 5.41) is 22.6. The maximum Gasteiger partial charge on any atom is 0.328 e. The average Bonchev–Trinajstić information content (AvgIpc) is 2.59. The van der Waals surface area contributed by atoms with Gasteiger partial charge in [-0.05, 0) is 29.8 Å². The summed E-state index contributed by atoms with van der Waals surface area (Å²) in [6.07, 6.45) is 4.05. The largest absolute Gasteiger partial charge is 0.478 e. The summed E-state index contributed by atoms with van der Waals surface area (Å²) in [5.74, 6) is -0.604. The smallest absolute Gasteiger partial charge is 0.328 e. The molecule has 0 unspecified atom stereocenters. The van der Waals surface area contributed by atoms with Gasteiger partial charge in [-0.25, -0.2) is 9.78 Å². The Hall–Kier alpha value is -3.81. The number of hydrogen-bond donors (Lipinski definition) is 2. The highest BCUT2D eigenvalue weighted by molar-refractivity contribution is 5.85. The number of nitrogens with zero attached hydrogens (tertiary/aromatic N) is 3. The number of rotatable bonds is 5. The van der Waals surface area contributed by atoms with E-state index >= 15 is 0 Å². The lowest BCUT2D eigenvalue weighted by Gasteiger charge is -2.07. The number of carboxylic acids is 1. The molecule has 0 amide bonds. The Balaban J connectivity index is 1.88. The fourth-order valence-electron chi connectivity index (χ4n) is 2.21. The molecular formula is C17H12N4O4. The van der Waals surface area contributed by atoms with Crippen molar-refractivity contribution < 1.29 is 14.8 Å². The Kier molecular flexibility index (Phi) is 4.34. The van der Waals surface area contributed by atoms with Gasteiger partial charge in [-0.1, -0.05) is 12.1 Å². The zero-order chi connectivity index (χ0) is 17.8. The molecule has 0 aliphatic heterocycles. The molecule has 3 aromatic rings. The summed E-state index contributed by atoms with van der Waals surface area (Å²) < 4.78 is 0. The average molecular weight is 336 g/mol. The molecule has 124 valence electrons. The van der Waals surface area contributed by atoms with Gasteiger partial charge in [-0.15, -0.1) is 0 Å². The first-order chi connectivity index (χ1) is 12.0. The number of hydrogen-bond acceptors (Lipinski definition) is 6. The molecule has 0 saturated carbocycles. The molecule has 1 aromatic heterocycles. The van der Waals surface area contributed by atoms with Crippen LogP contribution in [0.15, 0.2) is 54.7 Å². The third kappa shape index (κ3) is 3.94. The van der Waals surface area contributed by atoms with E-state index in [0.717, 1.165) is 6.08 Å². The highest BCUT2D eigenvalue weighted by atomic mass is 16.6. The van der Waals surface area contributed by atoms with Crippen molar-refractivity contribution in [2.24, 2.45) is 0 Å². The second-order valence-electron chi connectivity index (χ2n) is 5.11. The minimum atomic E-state index is -1.03. The molecule has 0 saturated heterocycles. The SMILES string of the molecule is O=C(O)/C=C/c1cccc(Nc2cnc3ccc([N+](=O)[O-])cc3n2)c1. The monoisotopic (exact) mass is 336 g/mol. The van der Waals surface area contributed by atoms with Crippen LogP contribution in [-0.4, -0.2) is 26.0 Å². The van der Waals surface area contributed by atoms with Crippen molar-refractivity contribution in [3.8, 4) is 0 Å². The summed E-state index contributed by atoms with van der Waals surface area (Å²) >= 11 is 0. The van der Waals surface area contributed by atoms with Crippen molar-refractivity contribution in [1.29, 1.82) is 0 Å². The number of aromatic nitrogens is 2. The maximum absolute atomic E-state index is 10.9. The Morgan fingerprint density at radius 3 is 2.80 bits per heavy atom. The van der Waals surface area contributed by atoms with Gasteiger partial charge in [0.1, 0.15) is 5.82 Å². The molecule has 2 N–H and O–H groups in total. The summed E-state index contributed by atoms with van der Waals surface area (Å²) in [4.78, 5) is 29.5. The zero-order valence-electron chi connectivity index (χ0n) is 12.8. The number of carboxylic acid groups (broad SMARTS) is 1. The quantitative estimate of drug-likeness (QED) is 0.416. The number of fused-ring (bicyclic) bond motifs is 1. The molecule has 0 atom stereocenters. The number of carbonyl (C=O) groups is 1. The molecule has 0 fully saturated rings. The van der Waals surface area contributed by atoms with E-state index in [0.29, 0.717) is 28.1 Å². The first-order valence-corrected chi connectivity index (χ1v) is 7.20. The van der Waals surface area contributed by atoms with Crippen molar-refractivity contribution in [3.05, 3.63) is 70.4 Å². The molecular weight excluding hydrogens is 324 g/mol. The van der Waals surface area contributed by atoms with Gasteiger partial charge in [-0.2, -0.15) is 0 Å². The number of nitrogens with one attached hydrogen (secondary N) is 1. The van der Waals surface area contributed by atoms with Crippen molar-refractivity contribution in [2.75, 3.05) is 5.32 Å². The Bertz CT molecular complexity index is 1000. The number of benzene rings is 2. The first-order valence-electron chi connectivity index (χ1n) is 7.20. The molecule has 0 spiro atoms. The van der Waals surface area contributed by atoms with Gasteiger partial charge in [0.25, 0.3) is 5.69 Å². The Labute approximate surface area is 141 Å². The second kappa shape index (κ2) is 6.75. The van der Waals surface area contributed by atoms with Crippen molar-refractivity contribution in [1.82, 2.24) is 9.97 Å². The van der Waals surface area contributed by atoms with E-state index in [2.05, 4.69) is 15.3 Å². The van der Waals surface area contributed by atoms with Crippen molar-refractivity contribution in [2.45, 2.75) is 0 Å². The van der Waals surface area contributed by atoms with Gasteiger partial charge < -0.3 is 10.4 Å². The molecule has 1 heterocycles. The Morgan fingerprint density at radius 1 is 1.20 bits per heavy atom. The summed E-state index contributed by atoms with van der Waals surface area (Å²) in [6, 6.07) is 11.4. The molecule has 3 rings (SSSR count). The normalized spacial score (nSPS) is 10.9. The molecule has 0 bridgehead atoms. The molecule has 8 nitrogen and oxygen atoms in total. The van der Waals surface area contributed by atoms with Crippen LogP contribution in [0.4, 0.5) is 17.2 Å².